The third-order valence-corrected chi connectivity index (χ3v) is 5.17. The average Bonchev–Trinajstić information content (AvgIpc) is 2.22. The molecule has 0 amide bonds. The summed E-state index contributed by atoms with van der Waals surface area (Å²) in [4.78, 5) is 0. The Balaban J connectivity index is 2.74. The van der Waals surface area contributed by atoms with E-state index in [9.17, 15) is 5.21 Å². The predicted octanol–water partition coefficient (Wildman–Crippen LogP) is 2.57. The van der Waals surface area contributed by atoms with Gasteiger partial charge >= 0.3 is 0 Å². The second-order valence-corrected chi connectivity index (χ2v) is 9.87. The Labute approximate surface area is 132 Å². The van der Waals surface area contributed by atoms with Crippen molar-refractivity contribution in [2.45, 2.75) is 64.1 Å². The van der Waals surface area contributed by atoms with Crippen LogP contribution in [0, 0.1) is 0 Å². The molecule has 4 heteroatoms. The van der Waals surface area contributed by atoms with E-state index in [-0.39, 0.29) is 11.1 Å². The average molecular weight is 302 g/mol. The summed E-state index contributed by atoms with van der Waals surface area (Å²) in [5, 5.41) is 12.0. The number of rotatable bonds is 5. The van der Waals surface area contributed by atoms with Crippen molar-refractivity contribution in [1.82, 2.24) is 5.06 Å². The second kappa shape index (κ2) is 5.80. The van der Waals surface area contributed by atoms with Crippen molar-refractivity contribution in [3.8, 4) is 0 Å². The van der Waals surface area contributed by atoms with Crippen molar-refractivity contribution in [3.05, 3.63) is 0 Å². The molecule has 0 aliphatic carbocycles. The maximum atomic E-state index is 10.5. The first kappa shape index (κ1) is 18.9. The lowest BCUT2D eigenvalue weighted by molar-refractivity contribution is -0.924. The molecule has 1 saturated heterocycles. The number of nitrogens with zero attached hydrogens (tertiary/aromatic N) is 3. The van der Waals surface area contributed by atoms with Crippen molar-refractivity contribution in [2.24, 2.45) is 0 Å². The van der Waals surface area contributed by atoms with Gasteiger partial charge in [0.05, 0.1) is 54.4 Å². The van der Waals surface area contributed by atoms with Crippen LogP contribution in [0.4, 0.5) is 0 Å². The zero-order valence-corrected chi connectivity index (χ0v) is 15.9. The number of hydrogen-bond acceptors (Lipinski definition) is 2. The van der Waals surface area contributed by atoms with Gasteiger partial charge in [0.2, 0.25) is 0 Å². The Morgan fingerprint density at radius 2 is 1.33 bits per heavy atom. The van der Waals surface area contributed by atoms with E-state index in [2.05, 4.69) is 62.9 Å². The Kier molecular flexibility index (Phi) is 5.22. The van der Waals surface area contributed by atoms with E-state index in [4.69, 9.17) is 0 Å². The van der Waals surface area contributed by atoms with Gasteiger partial charge in [-0.15, -0.1) is 0 Å². The molecule has 4 nitrogen and oxygen atoms in total. The minimum Gasteiger partial charge on any atom is -0.331 e. The van der Waals surface area contributed by atoms with Gasteiger partial charge in [0.1, 0.15) is 0 Å². The highest BCUT2D eigenvalue weighted by atomic mass is 16.5. The number of quaternary nitrogens is 2. The predicted molar refractivity (Wildman–Crippen MR) is 89.3 cm³/mol. The zero-order valence-electron chi connectivity index (χ0n) is 15.9. The lowest BCUT2D eigenvalue weighted by Gasteiger charge is -2.54. The molecule has 0 aromatic rings. The maximum Gasteiger partial charge on any atom is 0.0923 e. The highest BCUT2D eigenvalue weighted by molar-refractivity contribution is 4.96. The summed E-state index contributed by atoms with van der Waals surface area (Å²) in [7, 11) is 11.5. The van der Waals surface area contributed by atoms with E-state index >= 15 is 0 Å². The molecular weight excluding hydrogens is 262 g/mol. The summed E-state index contributed by atoms with van der Waals surface area (Å²) in [6.07, 6.45) is 3.34. The van der Waals surface area contributed by atoms with Crippen LogP contribution in [0.25, 0.3) is 0 Å². The largest absolute Gasteiger partial charge is 0.331 e. The van der Waals surface area contributed by atoms with Gasteiger partial charge in [-0.3, -0.25) is 0 Å². The van der Waals surface area contributed by atoms with Gasteiger partial charge in [-0.2, -0.15) is 5.06 Å². The molecule has 126 valence electrons. The molecule has 1 aliphatic rings. The first-order valence-corrected chi connectivity index (χ1v) is 8.30. The SMILES string of the molecule is CC1(C)CC([N+](C)(C)CCC[N+](C)(C)C)CC(C)(C)N1O. The van der Waals surface area contributed by atoms with Crippen LogP contribution in [0.3, 0.4) is 0 Å². The Bertz CT molecular complexity index is 338. The monoisotopic (exact) mass is 301 g/mol. The second-order valence-electron chi connectivity index (χ2n) is 9.87. The molecule has 1 aliphatic heterocycles. The van der Waals surface area contributed by atoms with Crippen LogP contribution in [-0.4, -0.2) is 84.7 Å². The van der Waals surface area contributed by atoms with Crippen LogP contribution in [0.5, 0.6) is 0 Å². The fourth-order valence-electron chi connectivity index (χ4n) is 3.85. The molecule has 1 rings (SSSR count). The van der Waals surface area contributed by atoms with Crippen molar-refractivity contribution in [2.75, 3.05) is 48.3 Å². The first-order chi connectivity index (χ1) is 9.17. The highest BCUT2D eigenvalue weighted by Gasteiger charge is 2.49. The molecule has 0 spiro atoms. The number of hydroxylamine groups is 2. The van der Waals surface area contributed by atoms with Gasteiger partial charge < -0.3 is 14.2 Å². The lowest BCUT2D eigenvalue weighted by Crippen LogP contribution is -2.66. The fraction of sp³-hybridized carbons (Fsp3) is 1.00. The van der Waals surface area contributed by atoms with Gasteiger partial charge in [0, 0.05) is 30.3 Å². The van der Waals surface area contributed by atoms with Crippen LogP contribution in [-0.2, 0) is 0 Å². The smallest absolute Gasteiger partial charge is 0.0923 e. The third kappa shape index (κ3) is 4.92. The summed E-state index contributed by atoms with van der Waals surface area (Å²) in [5.74, 6) is 0. The third-order valence-electron chi connectivity index (χ3n) is 5.17. The minimum absolute atomic E-state index is 0.151. The zero-order chi connectivity index (χ0) is 16.7. The Hall–Kier alpha value is -0.160. The minimum atomic E-state index is -0.151. The normalized spacial score (nSPS) is 24.3. The van der Waals surface area contributed by atoms with Crippen molar-refractivity contribution in [3.63, 3.8) is 0 Å². The molecule has 0 atom stereocenters. The first-order valence-electron chi connectivity index (χ1n) is 8.30. The van der Waals surface area contributed by atoms with Crippen LogP contribution >= 0.6 is 0 Å². The van der Waals surface area contributed by atoms with Gasteiger partial charge in [-0.1, -0.05) is 0 Å². The fourth-order valence-corrected chi connectivity index (χ4v) is 3.85. The lowest BCUT2D eigenvalue weighted by atomic mass is 9.77. The maximum absolute atomic E-state index is 10.5. The van der Waals surface area contributed by atoms with Crippen LogP contribution in [0.15, 0.2) is 0 Å². The number of piperidine rings is 1. The molecule has 0 saturated carbocycles. The topological polar surface area (TPSA) is 23.5 Å². The molecule has 0 aromatic heterocycles. The van der Waals surface area contributed by atoms with Gasteiger partial charge in [-0.05, 0) is 27.7 Å². The summed E-state index contributed by atoms with van der Waals surface area (Å²) in [6.45, 7) is 11.1. The molecule has 0 radical (unpaired) electrons. The van der Waals surface area contributed by atoms with Crippen LogP contribution in [0.1, 0.15) is 47.0 Å². The summed E-state index contributed by atoms with van der Waals surface area (Å²) in [6, 6.07) is 0.603. The standard InChI is InChI=1S/C17H39N3O/c1-16(2)13-15(14-17(3,4)18(16)21)20(8,9)12-10-11-19(5,6)7/h15,21H,10-14H2,1-9H3/q+2. The van der Waals surface area contributed by atoms with E-state index in [0.29, 0.717) is 6.04 Å². The molecular formula is C17H39N3O+2. The van der Waals surface area contributed by atoms with E-state index in [0.717, 1.165) is 21.8 Å². The van der Waals surface area contributed by atoms with Gasteiger partial charge in [0.15, 0.2) is 0 Å². The molecule has 0 unspecified atom stereocenters. The van der Waals surface area contributed by atoms with E-state index in [1.54, 1.807) is 5.06 Å². The van der Waals surface area contributed by atoms with E-state index in [1.807, 2.05) is 0 Å². The van der Waals surface area contributed by atoms with E-state index < -0.39 is 0 Å². The number of hydrogen-bond donors (Lipinski definition) is 1. The Morgan fingerprint density at radius 3 is 1.71 bits per heavy atom. The van der Waals surface area contributed by atoms with Crippen molar-refractivity contribution >= 4 is 0 Å². The molecule has 0 aromatic carbocycles. The van der Waals surface area contributed by atoms with Gasteiger partial charge in [-0.25, -0.2) is 0 Å². The molecule has 1 heterocycles. The summed E-state index contributed by atoms with van der Waals surface area (Å²) >= 11 is 0. The van der Waals surface area contributed by atoms with Crippen LogP contribution < -0.4 is 0 Å². The quantitative estimate of drug-likeness (QED) is 0.789. The van der Waals surface area contributed by atoms with E-state index in [1.165, 1.54) is 19.5 Å². The molecule has 0 bridgehead atoms. The summed E-state index contributed by atoms with van der Waals surface area (Å²) < 4.78 is 2.09. The molecule has 1 N–H and O–H groups in total. The summed E-state index contributed by atoms with van der Waals surface area (Å²) in [5.41, 5.74) is -0.302. The van der Waals surface area contributed by atoms with Gasteiger partial charge in [0.25, 0.3) is 0 Å². The molecule has 1 fully saturated rings. The van der Waals surface area contributed by atoms with Crippen molar-refractivity contribution in [1.29, 1.82) is 0 Å². The highest BCUT2D eigenvalue weighted by Crippen LogP contribution is 2.40. The van der Waals surface area contributed by atoms with Crippen molar-refractivity contribution < 1.29 is 14.2 Å². The van der Waals surface area contributed by atoms with Crippen LogP contribution in [0.2, 0.25) is 0 Å². The Morgan fingerprint density at radius 1 is 0.905 bits per heavy atom. The molecule has 21 heavy (non-hydrogen) atoms.